The Morgan fingerprint density at radius 2 is 1.52 bits per heavy atom. The number of nitrogens with zero attached hydrogens (tertiary/aromatic N) is 2. The molecule has 1 saturated carbocycles. The van der Waals surface area contributed by atoms with E-state index in [0.29, 0.717) is 0 Å². The molecule has 2 aromatic rings. The summed E-state index contributed by atoms with van der Waals surface area (Å²) in [5.74, 6) is 1.61. The van der Waals surface area contributed by atoms with E-state index in [2.05, 4.69) is 75.8 Å². The highest BCUT2D eigenvalue weighted by Gasteiger charge is 2.40. The first-order chi connectivity index (χ1) is 13.4. The molecule has 1 N–H and O–H groups in total. The van der Waals surface area contributed by atoms with E-state index in [0.717, 1.165) is 23.9 Å². The molecule has 5 rings (SSSR count). The van der Waals surface area contributed by atoms with Crippen molar-refractivity contribution in [3.8, 4) is 0 Å². The molecule has 27 heavy (non-hydrogen) atoms. The lowest BCUT2D eigenvalue weighted by Crippen LogP contribution is -2.57. The molecule has 2 aliphatic heterocycles. The van der Waals surface area contributed by atoms with Crippen molar-refractivity contribution >= 4 is 5.69 Å². The van der Waals surface area contributed by atoms with Gasteiger partial charge in [-0.05, 0) is 42.9 Å². The number of piperidine rings is 1. The van der Waals surface area contributed by atoms with Gasteiger partial charge in [0.25, 0.3) is 0 Å². The highest BCUT2D eigenvalue weighted by molar-refractivity contribution is 5.46. The van der Waals surface area contributed by atoms with Gasteiger partial charge in [-0.2, -0.15) is 0 Å². The number of para-hydroxylation sites is 1. The lowest BCUT2D eigenvalue weighted by molar-refractivity contribution is 0.0412. The first-order valence-corrected chi connectivity index (χ1v) is 10.7. The van der Waals surface area contributed by atoms with E-state index >= 15 is 0 Å². The third kappa shape index (κ3) is 3.90. The Kier molecular flexibility index (Phi) is 4.89. The normalized spacial score (nSPS) is 26.7. The predicted octanol–water partition coefficient (Wildman–Crippen LogP) is 3.73. The van der Waals surface area contributed by atoms with Gasteiger partial charge in [0.05, 0.1) is 0 Å². The van der Waals surface area contributed by atoms with Crippen LogP contribution in [0.4, 0.5) is 5.69 Å². The van der Waals surface area contributed by atoms with Crippen molar-refractivity contribution in [2.75, 3.05) is 37.6 Å². The average Bonchev–Trinajstić information content (AvgIpc) is 3.48. The van der Waals surface area contributed by atoms with Crippen molar-refractivity contribution in [2.24, 2.45) is 5.92 Å². The highest BCUT2D eigenvalue weighted by Crippen LogP contribution is 2.40. The first kappa shape index (κ1) is 17.3. The average molecular weight is 362 g/mol. The Morgan fingerprint density at radius 1 is 0.852 bits per heavy atom. The second-order valence-electron chi connectivity index (χ2n) is 8.64. The van der Waals surface area contributed by atoms with Gasteiger partial charge in [-0.15, -0.1) is 0 Å². The van der Waals surface area contributed by atoms with Gasteiger partial charge in [0.1, 0.15) is 0 Å². The summed E-state index contributed by atoms with van der Waals surface area (Å²) in [6.45, 7) is 6.20. The maximum absolute atomic E-state index is 3.82. The van der Waals surface area contributed by atoms with Gasteiger partial charge in [-0.25, -0.2) is 0 Å². The van der Waals surface area contributed by atoms with Gasteiger partial charge in [-0.3, -0.25) is 4.90 Å². The number of likely N-dealkylation sites (tertiary alicyclic amines) is 1. The molecule has 0 radical (unpaired) electrons. The molecule has 2 heterocycles. The van der Waals surface area contributed by atoms with Crippen LogP contribution in [0.3, 0.4) is 0 Å². The standard InChI is InChI=1S/C24H31N3/c1-3-7-20(8-4-1)23-15-24(23)25-16-19-17-27(18-19)22-11-13-26(14-12-22)21-9-5-2-6-10-21/h1-10,19,22-25H,11-18H2. The second kappa shape index (κ2) is 7.65. The van der Waals surface area contributed by atoms with E-state index in [-0.39, 0.29) is 0 Å². The van der Waals surface area contributed by atoms with Crippen LogP contribution >= 0.6 is 0 Å². The van der Waals surface area contributed by atoms with Crippen LogP contribution in [0.2, 0.25) is 0 Å². The molecule has 1 aliphatic carbocycles. The molecule has 3 heteroatoms. The number of hydrogen-bond acceptors (Lipinski definition) is 3. The molecule has 3 aliphatic rings. The van der Waals surface area contributed by atoms with Crippen molar-refractivity contribution < 1.29 is 0 Å². The lowest BCUT2D eigenvalue weighted by Gasteiger charge is -2.47. The second-order valence-corrected chi connectivity index (χ2v) is 8.64. The Hall–Kier alpha value is -1.84. The molecule has 3 nitrogen and oxygen atoms in total. The smallest absolute Gasteiger partial charge is 0.0366 e. The zero-order valence-corrected chi connectivity index (χ0v) is 16.1. The van der Waals surface area contributed by atoms with Crippen LogP contribution in [0.25, 0.3) is 0 Å². The monoisotopic (exact) mass is 361 g/mol. The third-order valence-corrected chi connectivity index (χ3v) is 6.77. The molecule has 0 aromatic heterocycles. The Labute approximate surface area is 163 Å². The van der Waals surface area contributed by atoms with Crippen LogP contribution in [0.15, 0.2) is 60.7 Å². The SMILES string of the molecule is c1ccc(C2CC2NCC2CN(C3CCN(c4ccccc4)CC3)C2)cc1. The lowest BCUT2D eigenvalue weighted by atomic mass is 9.93. The zero-order chi connectivity index (χ0) is 18.1. The molecule has 0 bridgehead atoms. The van der Waals surface area contributed by atoms with Crippen molar-refractivity contribution in [3.05, 3.63) is 66.2 Å². The maximum atomic E-state index is 3.82. The van der Waals surface area contributed by atoms with Crippen LogP contribution in [0.5, 0.6) is 0 Å². The first-order valence-electron chi connectivity index (χ1n) is 10.7. The zero-order valence-electron chi connectivity index (χ0n) is 16.1. The summed E-state index contributed by atoms with van der Waals surface area (Å²) in [6.07, 6.45) is 3.94. The summed E-state index contributed by atoms with van der Waals surface area (Å²) in [6, 6.07) is 23.4. The minimum Gasteiger partial charge on any atom is -0.371 e. The number of hydrogen-bond donors (Lipinski definition) is 1. The molecule has 142 valence electrons. The van der Waals surface area contributed by atoms with Crippen LogP contribution < -0.4 is 10.2 Å². The van der Waals surface area contributed by atoms with E-state index in [4.69, 9.17) is 0 Å². The van der Waals surface area contributed by atoms with E-state index in [1.54, 1.807) is 0 Å². The van der Waals surface area contributed by atoms with Crippen molar-refractivity contribution in [1.29, 1.82) is 0 Å². The van der Waals surface area contributed by atoms with Gasteiger partial charge in [0.15, 0.2) is 0 Å². The molecule has 0 amide bonds. The molecule has 3 fully saturated rings. The summed E-state index contributed by atoms with van der Waals surface area (Å²) < 4.78 is 0. The van der Waals surface area contributed by atoms with E-state index in [9.17, 15) is 0 Å². The van der Waals surface area contributed by atoms with Crippen molar-refractivity contribution in [3.63, 3.8) is 0 Å². The molecule has 0 spiro atoms. The summed E-state index contributed by atoms with van der Waals surface area (Å²) in [5, 5.41) is 3.82. The van der Waals surface area contributed by atoms with Crippen LogP contribution in [-0.4, -0.2) is 49.7 Å². The quantitative estimate of drug-likeness (QED) is 0.846. The number of nitrogens with one attached hydrogen (secondary N) is 1. The van der Waals surface area contributed by atoms with E-state index in [1.807, 2.05) is 0 Å². The molecule has 2 unspecified atom stereocenters. The summed E-state index contributed by atoms with van der Waals surface area (Å²) >= 11 is 0. The Balaban J connectivity index is 1.01. The van der Waals surface area contributed by atoms with Crippen LogP contribution in [-0.2, 0) is 0 Å². The Bertz CT molecular complexity index is 718. The molecule has 2 atom stereocenters. The van der Waals surface area contributed by atoms with Gasteiger partial charge < -0.3 is 10.2 Å². The largest absolute Gasteiger partial charge is 0.371 e. The summed E-state index contributed by atoms with van der Waals surface area (Å²) in [5.41, 5.74) is 2.90. The van der Waals surface area contributed by atoms with Crippen molar-refractivity contribution in [2.45, 2.75) is 37.3 Å². The summed E-state index contributed by atoms with van der Waals surface area (Å²) in [7, 11) is 0. The fourth-order valence-electron chi connectivity index (χ4n) is 4.97. The highest BCUT2D eigenvalue weighted by atomic mass is 15.2. The van der Waals surface area contributed by atoms with Crippen LogP contribution in [0, 0.1) is 5.92 Å². The minimum atomic E-state index is 0.718. The van der Waals surface area contributed by atoms with E-state index in [1.165, 1.54) is 63.2 Å². The topological polar surface area (TPSA) is 18.5 Å². The third-order valence-electron chi connectivity index (χ3n) is 6.77. The fraction of sp³-hybridized carbons (Fsp3) is 0.500. The van der Waals surface area contributed by atoms with Gasteiger partial charge >= 0.3 is 0 Å². The minimum absolute atomic E-state index is 0.718. The predicted molar refractivity (Wildman–Crippen MR) is 112 cm³/mol. The number of anilines is 1. The number of rotatable bonds is 6. The molecular formula is C24H31N3. The van der Waals surface area contributed by atoms with Gasteiger partial charge in [0.2, 0.25) is 0 Å². The molecule has 2 saturated heterocycles. The summed E-state index contributed by atoms with van der Waals surface area (Å²) in [4.78, 5) is 5.28. The maximum Gasteiger partial charge on any atom is 0.0366 e. The van der Waals surface area contributed by atoms with Gasteiger partial charge in [-0.1, -0.05) is 48.5 Å². The number of benzene rings is 2. The van der Waals surface area contributed by atoms with Crippen LogP contribution in [0.1, 0.15) is 30.7 Å². The van der Waals surface area contributed by atoms with Crippen molar-refractivity contribution in [1.82, 2.24) is 10.2 Å². The Morgan fingerprint density at radius 3 is 2.22 bits per heavy atom. The fourth-order valence-corrected chi connectivity index (χ4v) is 4.97. The van der Waals surface area contributed by atoms with E-state index < -0.39 is 0 Å². The molecular weight excluding hydrogens is 330 g/mol. The molecule has 2 aromatic carbocycles. The van der Waals surface area contributed by atoms with Gasteiger partial charge in [0, 0.05) is 56.4 Å².